The Balaban J connectivity index is 2.10. The fourth-order valence-electron chi connectivity index (χ4n) is 4.45. The predicted octanol–water partition coefficient (Wildman–Crippen LogP) is 2.82. The molecule has 4 unspecified atom stereocenters. The van der Waals surface area contributed by atoms with Gasteiger partial charge in [0.05, 0.1) is 0 Å². The first kappa shape index (κ1) is 17.2. The lowest BCUT2D eigenvalue weighted by molar-refractivity contribution is 0.00263. The number of likely N-dealkylation sites (N-methyl/N-ethyl adjacent to an activating group) is 2. The SMILES string of the molecule is CCNC1CCC(C(C)(C)C)CC1N1CCN(C)CC1C. The predicted molar refractivity (Wildman–Crippen MR) is 91.7 cm³/mol. The molecule has 2 aliphatic rings. The summed E-state index contributed by atoms with van der Waals surface area (Å²) in [5, 5.41) is 3.78. The van der Waals surface area contributed by atoms with Crippen LogP contribution in [0.15, 0.2) is 0 Å². The molecular formula is C18H37N3. The lowest BCUT2D eigenvalue weighted by Gasteiger charge is -2.50. The van der Waals surface area contributed by atoms with Crippen molar-refractivity contribution >= 4 is 0 Å². The van der Waals surface area contributed by atoms with Gasteiger partial charge in [-0.25, -0.2) is 0 Å². The van der Waals surface area contributed by atoms with Crippen molar-refractivity contribution in [1.82, 2.24) is 15.1 Å². The quantitative estimate of drug-likeness (QED) is 0.864. The average molecular weight is 296 g/mol. The first-order chi connectivity index (χ1) is 9.82. The van der Waals surface area contributed by atoms with E-state index in [1.807, 2.05) is 0 Å². The Labute approximate surface area is 132 Å². The van der Waals surface area contributed by atoms with Crippen molar-refractivity contribution in [3.8, 4) is 0 Å². The third-order valence-electron chi connectivity index (χ3n) is 5.82. The van der Waals surface area contributed by atoms with E-state index in [1.54, 1.807) is 0 Å². The van der Waals surface area contributed by atoms with Gasteiger partial charge in [0, 0.05) is 37.8 Å². The third kappa shape index (κ3) is 4.20. The molecule has 1 N–H and O–H groups in total. The molecule has 124 valence electrons. The van der Waals surface area contributed by atoms with E-state index < -0.39 is 0 Å². The number of hydrogen-bond acceptors (Lipinski definition) is 3. The van der Waals surface area contributed by atoms with Crippen LogP contribution in [0.3, 0.4) is 0 Å². The van der Waals surface area contributed by atoms with E-state index >= 15 is 0 Å². The molecule has 0 spiro atoms. The molecular weight excluding hydrogens is 258 g/mol. The van der Waals surface area contributed by atoms with Crippen molar-refractivity contribution in [2.45, 2.75) is 72.0 Å². The van der Waals surface area contributed by atoms with E-state index in [-0.39, 0.29) is 0 Å². The van der Waals surface area contributed by atoms with Crippen molar-refractivity contribution in [3.63, 3.8) is 0 Å². The van der Waals surface area contributed by atoms with Gasteiger partial charge in [-0.05, 0) is 51.1 Å². The van der Waals surface area contributed by atoms with E-state index in [1.165, 1.54) is 38.9 Å². The maximum absolute atomic E-state index is 3.78. The zero-order valence-electron chi connectivity index (χ0n) is 15.2. The van der Waals surface area contributed by atoms with E-state index in [4.69, 9.17) is 0 Å². The Bertz CT molecular complexity index is 323. The molecule has 0 aromatic heterocycles. The second kappa shape index (κ2) is 6.97. The van der Waals surface area contributed by atoms with Crippen LogP contribution in [0.25, 0.3) is 0 Å². The minimum absolute atomic E-state index is 0.450. The summed E-state index contributed by atoms with van der Waals surface area (Å²) < 4.78 is 0. The molecule has 0 aromatic rings. The highest BCUT2D eigenvalue weighted by Gasteiger charge is 2.40. The molecule has 0 bridgehead atoms. The third-order valence-corrected chi connectivity index (χ3v) is 5.82. The summed E-state index contributed by atoms with van der Waals surface area (Å²) in [5.41, 5.74) is 0.450. The van der Waals surface area contributed by atoms with Gasteiger partial charge >= 0.3 is 0 Å². The summed E-state index contributed by atoms with van der Waals surface area (Å²) in [6.07, 6.45) is 4.11. The van der Waals surface area contributed by atoms with Crippen molar-refractivity contribution in [2.75, 3.05) is 33.2 Å². The van der Waals surface area contributed by atoms with E-state index in [9.17, 15) is 0 Å². The molecule has 3 heteroatoms. The molecule has 3 nitrogen and oxygen atoms in total. The standard InChI is InChI=1S/C18H37N3/c1-7-19-16-9-8-15(18(3,4)5)12-17(16)21-11-10-20(6)13-14(21)2/h14-17,19H,7-13H2,1-6H3. The number of rotatable bonds is 3. The van der Waals surface area contributed by atoms with Crippen molar-refractivity contribution in [2.24, 2.45) is 11.3 Å². The van der Waals surface area contributed by atoms with Crippen LogP contribution in [0, 0.1) is 11.3 Å². The van der Waals surface area contributed by atoms with Crippen molar-refractivity contribution in [3.05, 3.63) is 0 Å². The first-order valence-corrected chi connectivity index (χ1v) is 9.00. The van der Waals surface area contributed by atoms with Gasteiger partial charge in [-0.3, -0.25) is 4.90 Å². The Hall–Kier alpha value is -0.120. The average Bonchev–Trinajstić information content (AvgIpc) is 2.39. The molecule has 1 saturated carbocycles. The van der Waals surface area contributed by atoms with Gasteiger partial charge in [0.2, 0.25) is 0 Å². The minimum Gasteiger partial charge on any atom is -0.313 e. The highest BCUT2D eigenvalue weighted by molar-refractivity contribution is 4.96. The Kier molecular flexibility index (Phi) is 5.72. The normalized spacial score (nSPS) is 36.9. The highest BCUT2D eigenvalue weighted by Crippen LogP contribution is 2.40. The molecule has 0 amide bonds. The topological polar surface area (TPSA) is 18.5 Å². The number of piperazine rings is 1. The fraction of sp³-hybridized carbons (Fsp3) is 1.00. The summed E-state index contributed by atoms with van der Waals surface area (Å²) in [7, 11) is 2.26. The summed E-state index contributed by atoms with van der Waals surface area (Å²) in [4.78, 5) is 5.29. The molecule has 1 saturated heterocycles. The Morgan fingerprint density at radius 1 is 1.14 bits per heavy atom. The van der Waals surface area contributed by atoms with Crippen LogP contribution in [0.1, 0.15) is 53.9 Å². The second-order valence-corrected chi connectivity index (χ2v) is 8.46. The molecule has 4 atom stereocenters. The van der Waals surface area contributed by atoms with Crippen LogP contribution < -0.4 is 5.32 Å². The molecule has 2 rings (SSSR count). The van der Waals surface area contributed by atoms with Gasteiger partial charge in [0.15, 0.2) is 0 Å². The molecule has 0 radical (unpaired) electrons. The number of nitrogens with one attached hydrogen (secondary N) is 1. The van der Waals surface area contributed by atoms with Crippen LogP contribution in [0.4, 0.5) is 0 Å². The fourth-order valence-corrected chi connectivity index (χ4v) is 4.45. The van der Waals surface area contributed by atoms with Crippen molar-refractivity contribution < 1.29 is 0 Å². The van der Waals surface area contributed by atoms with Crippen LogP contribution in [0.5, 0.6) is 0 Å². The number of hydrogen-bond donors (Lipinski definition) is 1. The monoisotopic (exact) mass is 295 g/mol. The van der Waals surface area contributed by atoms with Gasteiger partial charge in [0.1, 0.15) is 0 Å². The second-order valence-electron chi connectivity index (χ2n) is 8.46. The minimum atomic E-state index is 0.450. The Morgan fingerprint density at radius 3 is 2.43 bits per heavy atom. The van der Waals surface area contributed by atoms with E-state index in [2.05, 4.69) is 56.8 Å². The lowest BCUT2D eigenvalue weighted by Crippen LogP contribution is -2.61. The number of nitrogens with zero attached hydrogens (tertiary/aromatic N) is 2. The van der Waals surface area contributed by atoms with Crippen LogP contribution >= 0.6 is 0 Å². The summed E-state index contributed by atoms with van der Waals surface area (Å²) in [6, 6.07) is 2.11. The van der Waals surface area contributed by atoms with Crippen LogP contribution in [-0.4, -0.2) is 61.2 Å². The summed E-state index contributed by atoms with van der Waals surface area (Å²) >= 11 is 0. The molecule has 1 heterocycles. The lowest BCUT2D eigenvalue weighted by atomic mass is 9.69. The molecule has 1 aliphatic carbocycles. The largest absolute Gasteiger partial charge is 0.313 e. The van der Waals surface area contributed by atoms with Gasteiger partial charge < -0.3 is 10.2 Å². The highest BCUT2D eigenvalue weighted by atomic mass is 15.3. The molecule has 1 aliphatic heterocycles. The van der Waals surface area contributed by atoms with Gasteiger partial charge in [0.25, 0.3) is 0 Å². The van der Waals surface area contributed by atoms with Gasteiger partial charge in [-0.1, -0.05) is 27.7 Å². The zero-order valence-corrected chi connectivity index (χ0v) is 15.2. The Morgan fingerprint density at radius 2 is 1.86 bits per heavy atom. The maximum Gasteiger partial charge on any atom is 0.0256 e. The smallest absolute Gasteiger partial charge is 0.0256 e. The van der Waals surface area contributed by atoms with Crippen LogP contribution in [-0.2, 0) is 0 Å². The maximum atomic E-state index is 3.78. The van der Waals surface area contributed by atoms with E-state index in [0.29, 0.717) is 17.5 Å². The molecule has 21 heavy (non-hydrogen) atoms. The molecule has 0 aromatic carbocycles. The van der Waals surface area contributed by atoms with Gasteiger partial charge in [-0.2, -0.15) is 0 Å². The van der Waals surface area contributed by atoms with Crippen LogP contribution in [0.2, 0.25) is 0 Å². The summed E-state index contributed by atoms with van der Waals surface area (Å²) in [5.74, 6) is 0.865. The molecule has 2 fully saturated rings. The van der Waals surface area contributed by atoms with Gasteiger partial charge in [-0.15, -0.1) is 0 Å². The van der Waals surface area contributed by atoms with Crippen molar-refractivity contribution in [1.29, 1.82) is 0 Å². The zero-order chi connectivity index (χ0) is 15.6. The summed E-state index contributed by atoms with van der Waals surface area (Å²) in [6.45, 7) is 16.7. The first-order valence-electron chi connectivity index (χ1n) is 9.00. The van der Waals surface area contributed by atoms with E-state index in [0.717, 1.165) is 18.5 Å².